The van der Waals surface area contributed by atoms with Crippen LogP contribution in [0.3, 0.4) is 0 Å². The molecule has 0 aliphatic rings. The zero-order chi connectivity index (χ0) is 37.2. The Morgan fingerprint density at radius 3 is 1.91 bits per heavy atom. The van der Waals surface area contributed by atoms with Crippen LogP contribution in [0, 0.1) is 0 Å². The average Bonchev–Trinajstić information content (AvgIpc) is 3.93. The van der Waals surface area contributed by atoms with Crippen molar-refractivity contribution in [2.45, 2.75) is 0 Å². The summed E-state index contributed by atoms with van der Waals surface area (Å²) in [6.45, 7) is 0. The molecule has 0 N–H and O–H groups in total. The van der Waals surface area contributed by atoms with Crippen molar-refractivity contribution in [2.24, 2.45) is 0 Å². The Labute approximate surface area is 325 Å². The third kappa shape index (κ3) is 4.23. The molecule has 0 saturated carbocycles. The van der Waals surface area contributed by atoms with Gasteiger partial charge in [0, 0.05) is 43.3 Å². The third-order valence-electron chi connectivity index (χ3n) is 11.9. The fourth-order valence-electron chi connectivity index (χ4n) is 9.45. The molecule has 4 heterocycles. The van der Waals surface area contributed by atoms with Crippen molar-refractivity contribution >= 4 is 98.1 Å². The number of fused-ring (bicyclic) bond motifs is 13. The van der Waals surface area contributed by atoms with Crippen LogP contribution in [0.15, 0.2) is 186 Å². The Balaban J connectivity index is 1.17. The van der Waals surface area contributed by atoms with E-state index in [0.29, 0.717) is 0 Å². The van der Waals surface area contributed by atoms with Crippen LogP contribution < -0.4 is 0 Å². The fraction of sp³-hybridized carbons (Fsp3) is 0. The van der Waals surface area contributed by atoms with E-state index in [9.17, 15) is 0 Å². The second-order valence-corrected chi connectivity index (χ2v) is 14.9. The van der Waals surface area contributed by atoms with E-state index in [2.05, 4.69) is 155 Å². The highest BCUT2D eigenvalue weighted by molar-refractivity contribution is 6.22. The normalized spacial score (nSPS) is 12.2. The van der Waals surface area contributed by atoms with Crippen LogP contribution in [0.25, 0.3) is 121 Å². The fourth-order valence-corrected chi connectivity index (χ4v) is 9.45. The smallest absolute Gasteiger partial charge is 0.165 e. The van der Waals surface area contributed by atoms with E-state index in [4.69, 9.17) is 14.4 Å². The Morgan fingerprint density at radius 2 is 1.04 bits per heavy atom. The number of aromatic nitrogens is 4. The topological polar surface area (TPSA) is 48.8 Å². The SMILES string of the molecule is c1cc(-n2c3ccccc3c3c4ccccc4ccc32)c2cc3c(cc2c1)c1ccccc1n3-c1nc2ccccc2nc1-c1cccc2oc3ccccc3c12. The van der Waals surface area contributed by atoms with Gasteiger partial charge >= 0.3 is 0 Å². The minimum absolute atomic E-state index is 0.776. The lowest BCUT2D eigenvalue weighted by molar-refractivity contribution is 0.669. The number of rotatable bonds is 3. The molecule has 0 unspecified atom stereocenters. The molecule has 0 spiro atoms. The van der Waals surface area contributed by atoms with Crippen molar-refractivity contribution in [1.82, 2.24) is 19.1 Å². The van der Waals surface area contributed by atoms with Crippen molar-refractivity contribution in [3.63, 3.8) is 0 Å². The molecule has 0 aliphatic heterocycles. The van der Waals surface area contributed by atoms with Crippen LogP contribution in [-0.4, -0.2) is 19.1 Å². The number of para-hydroxylation sites is 5. The van der Waals surface area contributed by atoms with Gasteiger partial charge in [-0.3, -0.25) is 4.57 Å². The molecular formula is C52H30N4O. The van der Waals surface area contributed by atoms with Crippen LogP contribution in [0.5, 0.6) is 0 Å². The van der Waals surface area contributed by atoms with Crippen molar-refractivity contribution < 1.29 is 4.42 Å². The molecule has 0 atom stereocenters. The first-order chi connectivity index (χ1) is 28.3. The number of nitrogens with zero attached hydrogens (tertiary/aromatic N) is 4. The summed E-state index contributed by atoms with van der Waals surface area (Å²) in [5, 5.41) is 11.8. The first-order valence-electron chi connectivity index (χ1n) is 19.3. The molecular weight excluding hydrogens is 697 g/mol. The van der Waals surface area contributed by atoms with Gasteiger partial charge in [-0.15, -0.1) is 0 Å². The maximum atomic E-state index is 6.40. The van der Waals surface area contributed by atoms with Crippen molar-refractivity contribution in [3.05, 3.63) is 182 Å². The van der Waals surface area contributed by atoms with Crippen LogP contribution >= 0.6 is 0 Å². The standard InChI is InChI=1S/C52H30N4O/c1-2-15-33-31(13-1)27-28-45-49(33)35-17-4-9-23-43(35)55(45)44-24-11-14-32-29-39-34-16-3-8-22-42(34)56(46(39)30-38(32)44)52-51(53-40-20-6-7-21-41(40)54-52)37-19-12-26-48-50(37)36-18-5-10-25-47(36)57-48/h1-30H. The van der Waals surface area contributed by atoms with Gasteiger partial charge in [-0.1, -0.05) is 121 Å². The van der Waals surface area contributed by atoms with Crippen molar-refractivity contribution in [3.8, 4) is 22.8 Å². The molecule has 0 fully saturated rings. The highest BCUT2D eigenvalue weighted by Crippen LogP contribution is 2.43. The van der Waals surface area contributed by atoms with Gasteiger partial charge < -0.3 is 8.98 Å². The van der Waals surface area contributed by atoms with Crippen LogP contribution in [0.2, 0.25) is 0 Å². The van der Waals surface area contributed by atoms with E-state index in [0.717, 1.165) is 82.9 Å². The monoisotopic (exact) mass is 726 g/mol. The number of furan rings is 1. The van der Waals surface area contributed by atoms with Gasteiger partial charge in [0.05, 0.1) is 38.8 Å². The van der Waals surface area contributed by atoms with Gasteiger partial charge in [-0.05, 0) is 76.8 Å². The summed E-state index contributed by atoms with van der Waals surface area (Å²) in [5.74, 6) is 0.776. The zero-order valence-corrected chi connectivity index (χ0v) is 30.5. The minimum atomic E-state index is 0.776. The van der Waals surface area contributed by atoms with Gasteiger partial charge in [0.1, 0.15) is 16.9 Å². The third-order valence-corrected chi connectivity index (χ3v) is 11.9. The van der Waals surface area contributed by atoms with E-state index in [-0.39, 0.29) is 0 Å². The van der Waals surface area contributed by atoms with Crippen LogP contribution in [-0.2, 0) is 0 Å². The molecule has 0 radical (unpaired) electrons. The second-order valence-electron chi connectivity index (χ2n) is 14.9. The summed E-state index contributed by atoms with van der Waals surface area (Å²) >= 11 is 0. The summed E-state index contributed by atoms with van der Waals surface area (Å²) in [6.07, 6.45) is 0. The van der Waals surface area contributed by atoms with E-state index in [1.807, 2.05) is 36.4 Å². The number of hydrogen-bond donors (Lipinski definition) is 0. The second kappa shape index (κ2) is 11.4. The molecule has 4 aromatic heterocycles. The van der Waals surface area contributed by atoms with Gasteiger partial charge in [0.2, 0.25) is 0 Å². The summed E-state index contributed by atoms with van der Waals surface area (Å²) in [6, 6.07) is 64.7. The Kier molecular flexibility index (Phi) is 6.10. The summed E-state index contributed by atoms with van der Waals surface area (Å²) in [7, 11) is 0. The Hall–Kier alpha value is -7.76. The Morgan fingerprint density at radius 1 is 0.368 bits per heavy atom. The van der Waals surface area contributed by atoms with E-state index in [1.54, 1.807) is 0 Å². The lowest BCUT2D eigenvalue weighted by Crippen LogP contribution is -2.04. The summed E-state index contributed by atoms with van der Waals surface area (Å²) < 4.78 is 11.2. The number of benzene rings is 9. The molecule has 9 aromatic carbocycles. The first-order valence-corrected chi connectivity index (χ1v) is 19.3. The van der Waals surface area contributed by atoms with Gasteiger partial charge in [-0.2, -0.15) is 0 Å². The molecule has 13 rings (SSSR count). The largest absolute Gasteiger partial charge is 0.456 e. The number of hydrogen-bond acceptors (Lipinski definition) is 3. The van der Waals surface area contributed by atoms with Crippen molar-refractivity contribution in [1.29, 1.82) is 0 Å². The lowest BCUT2D eigenvalue weighted by atomic mass is 10.0. The lowest BCUT2D eigenvalue weighted by Gasteiger charge is -2.15. The maximum Gasteiger partial charge on any atom is 0.165 e. The molecule has 5 nitrogen and oxygen atoms in total. The van der Waals surface area contributed by atoms with Gasteiger partial charge in [0.15, 0.2) is 5.82 Å². The zero-order valence-electron chi connectivity index (χ0n) is 30.5. The molecule has 5 heteroatoms. The Bertz CT molecular complexity index is 3830. The van der Waals surface area contributed by atoms with E-state index < -0.39 is 0 Å². The van der Waals surface area contributed by atoms with Crippen molar-refractivity contribution in [2.75, 3.05) is 0 Å². The van der Waals surface area contributed by atoms with Gasteiger partial charge in [0.25, 0.3) is 0 Å². The molecule has 57 heavy (non-hydrogen) atoms. The molecule has 0 aliphatic carbocycles. The van der Waals surface area contributed by atoms with E-state index in [1.165, 1.54) is 38.0 Å². The molecule has 13 aromatic rings. The molecule has 0 saturated heterocycles. The average molecular weight is 727 g/mol. The molecule has 0 bridgehead atoms. The maximum absolute atomic E-state index is 6.40. The predicted octanol–water partition coefficient (Wildman–Crippen LogP) is 13.7. The highest BCUT2D eigenvalue weighted by atomic mass is 16.3. The van der Waals surface area contributed by atoms with Crippen LogP contribution in [0.4, 0.5) is 0 Å². The predicted molar refractivity (Wildman–Crippen MR) is 236 cm³/mol. The summed E-state index contributed by atoms with van der Waals surface area (Å²) in [5.41, 5.74) is 10.8. The molecule has 0 amide bonds. The van der Waals surface area contributed by atoms with E-state index >= 15 is 0 Å². The molecule has 264 valence electrons. The highest BCUT2D eigenvalue weighted by Gasteiger charge is 2.24. The first kappa shape index (κ1) is 30.6. The van der Waals surface area contributed by atoms with Gasteiger partial charge in [-0.25, -0.2) is 9.97 Å². The van der Waals surface area contributed by atoms with Crippen LogP contribution in [0.1, 0.15) is 0 Å². The quantitative estimate of drug-likeness (QED) is 0.182. The minimum Gasteiger partial charge on any atom is -0.456 e. The summed E-state index contributed by atoms with van der Waals surface area (Å²) in [4.78, 5) is 10.9.